The van der Waals surface area contributed by atoms with Gasteiger partial charge < -0.3 is 9.42 Å². The molecule has 0 aliphatic carbocycles. The third-order valence-corrected chi connectivity index (χ3v) is 3.37. The molecule has 8 heteroatoms. The lowest BCUT2D eigenvalue weighted by Gasteiger charge is -2.13. The van der Waals surface area contributed by atoms with E-state index in [-0.39, 0.29) is 12.5 Å². The minimum atomic E-state index is -0.140. The number of carbonyl (C=O) groups excluding carboxylic acids is 1. The molecule has 0 radical (unpaired) electrons. The van der Waals surface area contributed by atoms with Crippen LogP contribution in [0.4, 0.5) is 0 Å². The summed E-state index contributed by atoms with van der Waals surface area (Å²) in [7, 11) is 3.47. The fourth-order valence-electron chi connectivity index (χ4n) is 2.23. The van der Waals surface area contributed by atoms with Crippen molar-refractivity contribution in [2.75, 3.05) is 7.05 Å². The van der Waals surface area contributed by atoms with Crippen molar-refractivity contribution in [2.45, 2.75) is 13.5 Å². The molecule has 0 aliphatic heterocycles. The SMILES string of the molecule is Cc1nn(C)cc1C(=O)N(C)Cc1nc(-c2ccncc2)no1. The van der Waals surface area contributed by atoms with E-state index in [2.05, 4.69) is 20.2 Å². The number of aryl methyl sites for hydroxylation is 2. The third kappa shape index (κ3) is 3.10. The van der Waals surface area contributed by atoms with Gasteiger partial charge in [-0.3, -0.25) is 14.5 Å². The second-order valence-corrected chi connectivity index (χ2v) is 5.21. The number of hydrogen-bond acceptors (Lipinski definition) is 6. The number of pyridine rings is 1. The fraction of sp³-hybridized carbons (Fsp3) is 0.267. The van der Waals surface area contributed by atoms with Gasteiger partial charge in [0.15, 0.2) is 0 Å². The molecule has 8 nitrogen and oxygen atoms in total. The van der Waals surface area contributed by atoms with Gasteiger partial charge in [0.25, 0.3) is 5.91 Å². The minimum Gasteiger partial charge on any atom is -0.337 e. The zero-order valence-electron chi connectivity index (χ0n) is 13.1. The highest BCUT2D eigenvalue weighted by molar-refractivity contribution is 5.94. The zero-order valence-corrected chi connectivity index (χ0v) is 13.1. The van der Waals surface area contributed by atoms with Crippen LogP contribution in [0.15, 0.2) is 35.2 Å². The topological polar surface area (TPSA) is 89.9 Å². The Morgan fingerprint density at radius 3 is 2.74 bits per heavy atom. The number of carbonyl (C=O) groups is 1. The Morgan fingerprint density at radius 2 is 2.09 bits per heavy atom. The molecule has 3 aromatic rings. The van der Waals surface area contributed by atoms with Crippen molar-refractivity contribution in [3.05, 3.63) is 47.9 Å². The van der Waals surface area contributed by atoms with E-state index in [4.69, 9.17) is 4.52 Å². The molecule has 1 amide bonds. The summed E-state index contributed by atoms with van der Waals surface area (Å²) in [5, 5.41) is 8.10. The molecule has 23 heavy (non-hydrogen) atoms. The smallest absolute Gasteiger partial charge is 0.257 e. The van der Waals surface area contributed by atoms with E-state index in [0.717, 1.165) is 5.56 Å². The molecule has 0 bridgehead atoms. The molecule has 0 unspecified atom stereocenters. The van der Waals surface area contributed by atoms with Crippen LogP contribution >= 0.6 is 0 Å². The van der Waals surface area contributed by atoms with Gasteiger partial charge in [0.2, 0.25) is 11.7 Å². The fourth-order valence-corrected chi connectivity index (χ4v) is 2.23. The van der Waals surface area contributed by atoms with E-state index < -0.39 is 0 Å². The first-order valence-electron chi connectivity index (χ1n) is 7.03. The maximum absolute atomic E-state index is 12.4. The molecular formula is C15H16N6O2. The molecule has 3 rings (SSSR count). The van der Waals surface area contributed by atoms with E-state index in [1.165, 1.54) is 4.90 Å². The molecular weight excluding hydrogens is 296 g/mol. The largest absolute Gasteiger partial charge is 0.337 e. The summed E-state index contributed by atoms with van der Waals surface area (Å²) < 4.78 is 6.83. The van der Waals surface area contributed by atoms with Gasteiger partial charge in [-0.15, -0.1) is 0 Å². The normalized spacial score (nSPS) is 10.7. The third-order valence-electron chi connectivity index (χ3n) is 3.37. The summed E-state index contributed by atoms with van der Waals surface area (Å²) in [5.74, 6) is 0.703. The highest BCUT2D eigenvalue weighted by atomic mass is 16.5. The molecule has 118 valence electrons. The van der Waals surface area contributed by atoms with E-state index in [0.29, 0.717) is 23.0 Å². The van der Waals surface area contributed by atoms with Gasteiger partial charge in [-0.1, -0.05) is 5.16 Å². The lowest BCUT2D eigenvalue weighted by atomic mass is 10.2. The predicted molar refractivity (Wildman–Crippen MR) is 81.3 cm³/mol. The first-order chi connectivity index (χ1) is 11.0. The molecule has 0 aliphatic rings. The van der Waals surface area contributed by atoms with Crippen LogP contribution in [0.3, 0.4) is 0 Å². The van der Waals surface area contributed by atoms with Gasteiger partial charge >= 0.3 is 0 Å². The van der Waals surface area contributed by atoms with Crippen molar-refractivity contribution >= 4 is 5.91 Å². The average Bonchev–Trinajstić information content (AvgIpc) is 3.13. The predicted octanol–water partition coefficient (Wildman–Crippen LogP) is 1.45. The van der Waals surface area contributed by atoms with E-state index in [1.807, 2.05) is 0 Å². The van der Waals surface area contributed by atoms with Crippen molar-refractivity contribution in [3.8, 4) is 11.4 Å². The summed E-state index contributed by atoms with van der Waals surface area (Å²) in [6, 6.07) is 3.59. The van der Waals surface area contributed by atoms with Crippen molar-refractivity contribution in [3.63, 3.8) is 0 Å². The Bertz CT molecular complexity index is 824. The van der Waals surface area contributed by atoms with Gasteiger partial charge in [0, 0.05) is 38.2 Å². The van der Waals surface area contributed by atoms with E-state index in [9.17, 15) is 4.79 Å². The standard InChI is InChI=1S/C15H16N6O2/c1-10-12(8-21(3)18-10)15(22)20(2)9-13-17-14(19-23-13)11-4-6-16-7-5-11/h4-8H,9H2,1-3H3. The number of nitrogens with zero attached hydrogens (tertiary/aromatic N) is 6. The zero-order chi connectivity index (χ0) is 16.4. The Hall–Kier alpha value is -3.03. The molecule has 0 atom stereocenters. The van der Waals surface area contributed by atoms with Crippen molar-refractivity contribution in [2.24, 2.45) is 7.05 Å². The molecule has 0 fully saturated rings. The average molecular weight is 312 g/mol. The maximum atomic E-state index is 12.4. The van der Waals surface area contributed by atoms with E-state index in [1.54, 1.807) is 56.4 Å². The molecule has 3 heterocycles. The first kappa shape index (κ1) is 14.9. The van der Waals surface area contributed by atoms with Gasteiger partial charge in [-0.2, -0.15) is 10.1 Å². The van der Waals surface area contributed by atoms with Gasteiger partial charge in [0.05, 0.1) is 11.3 Å². The van der Waals surface area contributed by atoms with Crippen LogP contribution in [0, 0.1) is 6.92 Å². The lowest BCUT2D eigenvalue weighted by molar-refractivity contribution is 0.0769. The quantitative estimate of drug-likeness (QED) is 0.724. The summed E-state index contributed by atoms with van der Waals surface area (Å²) in [6.07, 6.45) is 5.02. The maximum Gasteiger partial charge on any atom is 0.257 e. The minimum absolute atomic E-state index is 0.140. The van der Waals surface area contributed by atoms with Crippen molar-refractivity contribution in [1.29, 1.82) is 0 Å². The number of amides is 1. The summed E-state index contributed by atoms with van der Waals surface area (Å²) in [6.45, 7) is 2.03. The van der Waals surface area contributed by atoms with Gasteiger partial charge in [-0.05, 0) is 19.1 Å². The highest BCUT2D eigenvalue weighted by Crippen LogP contribution is 2.15. The summed E-state index contributed by atoms with van der Waals surface area (Å²) in [5.41, 5.74) is 2.06. The van der Waals surface area contributed by atoms with Crippen LogP contribution in [0.25, 0.3) is 11.4 Å². The number of hydrogen-bond donors (Lipinski definition) is 0. The summed E-state index contributed by atoms with van der Waals surface area (Å²) >= 11 is 0. The van der Waals surface area contributed by atoms with Gasteiger partial charge in [-0.25, -0.2) is 0 Å². The van der Waals surface area contributed by atoms with Crippen LogP contribution in [0.1, 0.15) is 21.9 Å². The molecule has 0 saturated carbocycles. The number of rotatable bonds is 4. The summed E-state index contributed by atoms with van der Waals surface area (Å²) in [4.78, 5) is 22.2. The Labute approximate surface area is 132 Å². The Kier molecular flexibility index (Phi) is 3.88. The van der Waals surface area contributed by atoms with Crippen LogP contribution in [0.5, 0.6) is 0 Å². The Balaban J connectivity index is 1.73. The second kappa shape index (κ2) is 5.99. The monoisotopic (exact) mass is 312 g/mol. The second-order valence-electron chi connectivity index (χ2n) is 5.21. The van der Waals surface area contributed by atoms with Crippen LogP contribution in [-0.2, 0) is 13.6 Å². The van der Waals surface area contributed by atoms with Crippen LogP contribution in [-0.4, -0.2) is 42.8 Å². The Morgan fingerprint density at radius 1 is 1.35 bits per heavy atom. The van der Waals surface area contributed by atoms with Crippen molar-refractivity contribution < 1.29 is 9.32 Å². The molecule has 0 N–H and O–H groups in total. The first-order valence-corrected chi connectivity index (χ1v) is 7.03. The highest BCUT2D eigenvalue weighted by Gasteiger charge is 2.19. The van der Waals surface area contributed by atoms with Crippen molar-refractivity contribution in [1.82, 2.24) is 29.8 Å². The molecule has 0 spiro atoms. The van der Waals surface area contributed by atoms with Gasteiger partial charge in [0.1, 0.15) is 6.54 Å². The van der Waals surface area contributed by atoms with E-state index >= 15 is 0 Å². The van der Waals surface area contributed by atoms with Crippen LogP contribution < -0.4 is 0 Å². The van der Waals surface area contributed by atoms with Crippen LogP contribution in [0.2, 0.25) is 0 Å². The molecule has 3 aromatic heterocycles. The molecule has 0 saturated heterocycles. The molecule has 0 aromatic carbocycles. The number of aromatic nitrogens is 5. The lowest BCUT2D eigenvalue weighted by Crippen LogP contribution is -2.26.